The van der Waals surface area contributed by atoms with E-state index < -0.39 is 0 Å². The van der Waals surface area contributed by atoms with Gasteiger partial charge in [0.05, 0.1) is 25.0 Å². The summed E-state index contributed by atoms with van der Waals surface area (Å²) in [5.74, 6) is 0. The van der Waals surface area contributed by atoms with Gasteiger partial charge in [0, 0.05) is 25.9 Å². The lowest BCUT2D eigenvalue weighted by Crippen LogP contribution is -2.24. The van der Waals surface area contributed by atoms with E-state index >= 15 is 0 Å². The van der Waals surface area contributed by atoms with E-state index in [1.807, 2.05) is 17.8 Å². The molecule has 0 saturated carbocycles. The van der Waals surface area contributed by atoms with Crippen molar-refractivity contribution in [3.8, 4) is 0 Å². The zero-order valence-corrected chi connectivity index (χ0v) is 8.73. The minimum absolute atomic E-state index is 0.273. The Hall–Kier alpha value is -1.07. The maximum atomic E-state index is 5.50. The van der Waals surface area contributed by atoms with Crippen molar-refractivity contribution in [3.05, 3.63) is 12.4 Å². The predicted molar refractivity (Wildman–Crippen MR) is 56.2 cm³/mol. The first kappa shape index (κ1) is 11.0. The molecule has 1 heterocycles. The number of nitrogens with one attached hydrogen (secondary N) is 1. The van der Waals surface area contributed by atoms with Crippen LogP contribution >= 0.6 is 0 Å². The highest BCUT2D eigenvalue weighted by Crippen LogP contribution is 2.05. The minimum atomic E-state index is 0.273. The number of anilines is 1. The molecule has 1 aromatic heterocycles. The van der Waals surface area contributed by atoms with E-state index in [1.54, 1.807) is 13.3 Å². The maximum Gasteiger partial charge on any atom is 0.0729 e. The summed E-state index contributed by atoms with van der Waals surface area (Å²) in [5.41, 5.74) is 6.50. The highest BCUT2D eigenvalue weighted by atomic mass is 16.5. The zero-order valence-electron chi connectivity index (χ0n) is 8.73. The van der Waals surface area contributed by atoms with Crippen LogP contribution in [-0.4, -0.2) is 36.1 Å². The van der Waals surface area contributed by atoms with Crippen LogP contribution in [0.2, 0.25) is 0 Å². The van der Waals surface area contributed by atoms with Crippen LogP contribution < -0.4 is 11.1 Å². The molecule has 0 saturated heterocycles. The number of ether oxygens (including phenoxy) is 1. The Morgan fingerprint density at radius 3 is 3.14 bits per heavy atom. The smallest absolute Gasteiger partial charge is 0.0729 e. The van der Waals surface area contributed by atoms with Crippen LogP contribution in [0.25, 0.3) is 0 Å². The molecule has 80 valence electrons. The molecule has 1 unspecified atom stereocenters. The van der Waals surface area contributed by atoms with Crippen LogP contribution in [0.5, 0.6) is 0 Å². The number of hydrogen-bond acceptors (Lipinski definition) is 4. The Kier molecular flexibility index (Phi) is 4.42. The Balaban J connectivity index is 2.42. The monoisotopic (exact) mass is 198 g/mol. The molecule has 0 bridgehead atoms. The fourth-order valence-electron chi connectivity index (χ4n) is 1.09. The van der Waals surface area contributed by atoms with Crippen molar-refractivity contribution >= 4 is 5.69 Å². The molecule has 0 aromatic carbocycles. The quantitative estimate of drug-likeness (QED) is 0.689. The van der Waals surface area contributed by atoms with Gasteiger partial charge in [0.25, 0.3) is 0 Å². The van der Waals surface area contributed by atoms with Crippen molar-refractivity contribution < 1.29 is 4.74 Å². The van der Waals surface area contributed by atoms with E-state index in [0.717, 1.165) is 12.2 Å². The molecule has 0 fully saturated rings. The summed E-state index contributed by atoms with van der Waals surface area (Å²) in [7, 11) is 1.68. The zero-order chi connectivity index (χ0) is 10.4. The van der Waals surface area contributed by atoms with Gasteiger partial charge in [0.15, 0.2) is 0 Å². The van der Waals surface area contributed by atoms with Crippen molar-refractivity contribution in [2.45, 2.75) is 19.5 Å². The number of aromatic nitrogens is 2. The van der Waals surface area contributed by atoms with Crippen LogP contribution in [0, 0.1) is 0 Å². The first-order valence-corrected chi connectivity index (χ1v) is 4.74. The molecule has 0 aliphatic rings. The predicted octanol–water partition coefficient (Wildman–Crippen LogP) is 0.289. The van der Waals surface area contributed by atoms with E-state index in [1.165, 1.54) is 0 Å². The molecule has 0 aliphatic carbocycles. The van der Waals surface area contributed by atoms with Crippen molar-refractivity contribution in [2.24, 2.45) is 5.73 Å². The van der Waals surface area contributed by atoms with Gasteiger partial charge in [0.1, 0.15) is 0 Å². The first-order chi connectivity index (χ1) is 6.76. The summed E-state index contributed by atoms with van der Waals surface area (Å²) in [4.78, 5) is 0. The molecule has 3 N–H and O–H groups in total. The van der Waals surface area contributed by atoms with E-state index in [-0.39, 0.29) is 6.04 Å². The highest BCUT2D eigenvalue weighted by molar-refractivity contribution is 5.39. The van der Waals surface area contributed by atoms with Gasteiger partial charge in [0.2, 0.25) is 0 Å². The molecule has 0 spiro atoms. The molecular weight excluding hydrogens is 180 g/mol. The maximum absolute atomic E-state index is 5.50. The van der Waals surface area contributed by atoms with Crippen molar-refractivity contribution in [3.63, 3.8) is 0 Å². The van der Waals surface area contributed by atoms with Gasteiger partial charge in [-0.3, -0.25) is 4.68 Å². The molecule has 0 aliphatic heterocycles. The SMILES string of the molecule is COCCn1cc(NC(C)CN)cn1. The summed E-state index contributed by atoms with van der Waals surface area (Å²) >= 11 is 0. The van der Waals surface area contributed by atoms with Crippen LogP contribution in [0.1, 0.15) is 6.92 Å². The van der Waals surface area contributed by atoms with Crippen LogP contribution in [0.4, 0.5) is 5.69 Å². The number of rotatable bonds is 6. The number of methoxy groups -OCH3 is 1. The molecule has 14 heavy (non-hydrogen) atoms. The topological polar surface area (TPSA) is 65.1 Å². The Morgan fingerprint density at radius 2 is 2.50 bits per heavy atom. The number of nitrogens with two attached hydrogens (primary N) is 1. The van der Waals surface area contributed by atoms with Gasteiger partial charge < -0.3 is 15.8 Å². The summed E-state index contributed by atoms with van der Waals surface area (Å²) in [6.07, 6.45) is 3.74. The summed E-state index contributed by atoms with van der Waals surface area (Å²) in [6.45, 7) is 4.10. The van der Waals surface area contributed by atoms with E-state index in [2.05, 4.69) is 10.4 Å². The average molecular weight is 198 g/mol. The molecule has 0 radical (unpaired) electrons. The lowest BCUT2D eigenvalue weighted by molar-refractivity contribution is 0.183. The van der Waals surface area contributed by atoms with Gasteiger partial charge in [-0.1, -0.05) is 0 Å². The lowest BCUT2D eigenvalue weighted by Gasteiger charge is -2.09. The van der Waals surface area contributed by atoms with Crippen molar-refractivity contribution in [1.29, 1.82) is 0 Å². The van der Waals surface area contributed by atoms with Crippen LogP contribution in [0.3, 0.4) is 0 Å². The van der Waals surface area contributed by atoms with Crippen molar-refractivity contribution in [2.75, 3.05) is 25.6 Å². The van der Waals surface area contributed by atoms with Gasteiger partial charge >= 0.3 is 0 Å². The van der Waals surface area contributed by atoms with E-state index in [9.17, 15) is 0 Å². The largest absolute Gasteiger partial charge is 0.383 e. The average Bonchev–Trinajstić information content (AvgIpc) is 2.62. The molecule has 1 atom stereocenters. The third kappa shape index (κ3) is 3.35. The summed E-state index contributed by atoms with van der Waals surface area (Å²) in [6, 6.07) is 0.273. The second-order valence-corrected chi connectivity index (χ2v) is 3.27. The third-order valence-electron chi connectivity index (χ3n) is 1.92. The highest BCUT2D eigenvalue weighted by Gasteiger charge is 2.01. The van der Waals surface area contributed by atoms with Gasteiger partial charge in [-0.25, -0.2) is 0 Å². The summed E-state index contributed by atoms with van der Waals surface area (Å²) in [5, 5.41) is 7.41. The standard InChI is InChI=1S/C9H18N4O/c1-8(5-10)12-9-6-11-13(7-9)3-4-14-2/h6-8,12H,3-5,10H2,1-2H3. The van der Waals surface area contributed by atoms with Crippen molar-refractivity contribution in [1.82, 2.24) is 9.78 Å². The molecular formula is C9H18N4O. The Labute approximate surface area is 84.2 Å². The number of hydrogen-bond donors (Lipinski definition) is 2. The molecule has 5 heteroatoms. The van der Waals surface area contributed by atoms with E-state index in [4.69, 9.17) is 10.5 Å². The molecule has 5 nitrogen and oxygen atoms in total. The lowest BCUT2D eigenvalue weighted by atomic mass is 10.3. The molecule has 1 aromatic rings. The minimum Gasteiger partial charge on any atom is -0.383 e. The fourth-order valence-corrected chi connectivity index (χ4v) is 1.09. The van der Waals surface area contributed by atoms with E-state index in [0.29, 0.717) is 13.2 Å². The van der Waals surface area contributed by atoms with Crippen LogP contribution in [0.15, 0.2) is 12.4 Å². The second-order valence-electron chi connectivity index (χ2n) is 3.27. The van der Waals surface area contributed by atoms with Gasteiger partial charge in [-0.15, -0.1) is 0 Å². The Morgan fingerprint density at radius 1 is 1.71 bits per heavy atom. The number of nitrogens with zero attached hydrogens (tertiary/aromatic N) is 2. The summed E-state index contributed by atoms with van der Waals surface area (Å²) < 4.78 is 6.80. The molecule has 1 rings (SSSR count). The molecule has 0 amide bonds. The van der Waals surface area contributed by atoms with Gasteiger partial charge in [-0.05, 0) is 6.92 Å². The second kappa shape index (κ2) is 5.62. The third-order valence-corrected chi connectivity index (χ3v) is 1.92. The normalized spacial score (nSPS) is 12.8. The van der Waals surface area contributed by atoms with Crippen LogP contribution in [-0.2, 0) is 11.3 Å². The fraction of sp³-hybridized carbons (Fsp3) is 0.667. The first-order valence-electron chi connectivity index (χ1n) is 4.74. The Bertz CT molecular complexity index is 261. The van der Waals surface area contributed by atoms with Gasteiger partial charge in [-0.2, -0.15) is 5.10 Å².